The second-order valence-electron chi connectivity index (χ2n) is 32.1. The normalized spacial score (nSPS) is 33.1. The number of carboxylic acid groups (broad SMARTS) is 1. The highest BCUT2D eigenvalue weighted by atomic mass is 16.8. The van der Waals surface area contributed by atoms with Crippen molar-refractivity contribution in [1.29, 1.82) is 0 Å². The van der Waals surface area contributed by atoms with Gasteiger partial charge in [-0.1, -0.05) is 96.8 Å². The van der Waals surface area contributed by atoms with Crippen molar-refractivity contribution >= 4 is 77.6 Å². The molecule has 130 heavy (non-hydrogen) atoms. The van der Waals surface area contributed by atoms with Crippen molar-refractivity contribution in [2.45, 2.75) is 396 Å². The van der Waals surface area contributed by atoms with E-state index in [1.54, 1.807) is 0 Å². The van der Waals surface area contributed by atoms with E-state index in [0.717, 1.165) is 167 Å². The van der Waals surface area contributed by atoms with E-state index in [0.29, 0.717) is 32.3 Å². The fraction of sp³-hybridized carbons (Fsp3) is 0.843. The number of ether oxygens (including phenoxy) is 25. The predicted molar refractivity (Wildman–Crippen MR) is 425 cm³/mol. The van der Waals surface area contributed by atoms with Gasteiger partial charge < -0.3 is 164 Å². The molecule has 0 aromatic heterocycles. The minimum atomic E-state index is -2.43. The third kappa shape index (κ3) is 35.6. The molecule has 0 spiro atoms. The molecule has 6 fully saturated rings. The van der Waals surface area contributed by atoms with E-state index < -0.39 is 314 Å². The maximum Gasteiger partial charge on any atom is 0.347 e. The van der Waals surface area contributed by atoms with Gasteiger partial charge in [0, 0.05) is 89.7 Å². The molecule has 32 atom stereocenters. The smallest absolute Gasteiger partial charge is 0.347 e. The minimum Gasteiger partial charge on any atom is -0.478 e. The summed E-state index contributed by atoms with van der Waals surface area (Å²) in [5.74, 6) is -13.5. The second-order valence-corrected chi connectivity index (χ2v) is 32.1. The van der Waals surface area contributed by atoms with Gasteiger partial charge in [0.15, 0.2) is 80.5 Å². The van der Waals surface area contributed by atoms with Crippen molar-refractivity contribution in [2.75, 3.05) is 52.9 Å². The zero-order chi connectivity index (χ0) is 96.3. The zero-order valence-electron chi connectivity index (χ0n) is 75.2. The Labute approximate surface area is 750 Å². The number of carbonyl (C=O) groups is 13. The van der Waals surface area contributed by atoms with E-state index >= 15 is 0 Å². The van der Waals surface area contributed by atoms with E-state index in [9.17, 15) is 108 Å². The minimum absolute atomic E-state index is 0.222. The summed E-state index contributed by atoms with van der Waals surface area (Å²) in [5, 5.41) is 103. The Morgan fingerprint density at radius 2 is 0.615 bits per heavy atom. The number of unbranched alkanes of at least 4 members (excludes halogenated alkanes) is 13. The molecule has 0 aliphatic carbocycles. The summed E-state index contributed by atoms with van der Waals surface area (Å²) in [6.07, 6.45) is -50.6. The van der Waals surface area contributed by atoms with Crippen LogP contribution in [0.3, 0.4) is 0 Å². The Bertz CT molecular complexity index is 3570. The van der Waals surface area contributed by atoms with E-state index in [2.05, 4.69) is 0 Å². The molecule has 47 heteroatoms. The van der Waals surface area contributed by atoms with Gasteiger partial charge >= 0.3 is 77.6 Å². The number of carbonyl (C=O) groups excluding carboxylic acids is 12. The van der Waals surface area contributed by atoms with Crippen LogP contribution in [0, 0.1) is 0 Å². The summed E-state index contributed by atoms with van der Waals surface area (Å²) >= 11 is 0. The number of rotatable bonds is 52. The third-order valence-electron chi connectivity index (χ3n) is 21.3. The highest BCUT2D eigenvalue weighted by Crippen LogP contribution is 2.42. The van der Waals surface area contributed by atoms with Crippen LogP contribution in [-0.4, -0.2) is 373 Å². The molecule has 6 aliphatic rings. The standard InChI is InChI=1S/C83H130O47/c1-14-29-51(30-27-25-23-21-19-17-15-16-18-20-22-24-26-28-31-106-33-58(77(104)105)112-44(7)90)119-80-72(129-79-65(103)70(115-47(10)93)67(113-45(8)91)55(123-79)36-109-41(4)87)64(102)66(52(32-84)120-80)126-82-75(118-50(13)96)74(117-49(12)95)69(57(125-82)38-111-43(6)89)127-83-76(73(116-48(11)94)68(114-46(9)92)56(124-83)37-110-42(5)88)130-81-71(62(100)60(98)54(122-81)35-108-40(3)86)128-78-63(101)61(99)59(97)53(121-78)34-107-39(2)85/h51-76,78-84,97-103H,14-38H2,1-13H3,(H,104,105). The highest BCUT2D eigenvalue weighted by Gasteiger charge is 2.62. The first-order valence-corrected chi connectivity index (χ1v) is 43.4. The molecule has 0 radical (unpaired) electrons. The first-order valence-electron chi connectivity index (χ1n) is 43.4. The summed E-state index contributed by atoms with van der Waals surface area (Å²) in [5.41, 5.74) is 0. The zero-order valence-corrected chi connectivity index (χ0v) is 75.2. The first-order chi connectivity index (χ1) is 61.5. The number of esters is 12. The van der Waals surface area contributed by atoms with Crippen molar-refractivity contribution in [1.82, 2.24) is 0 Å². The number of carboxylic acids is 1. The van der Waals surface area contributed by atoms with Crippen LogP contribution in [-0.2, 0) is 181 Å². The molecule has 32 unspecified atom stereocenters. The van der Waals surface area contributed by atoms with Crippen molar-refractivity contribution in [2.24, 2.45) is 0 Å². The van der Waals surface area contributed by atoms with Crippen LogP contribution in [0.4, 0.5) is 0 Å². The number of aliphatic carboxylic acids is 1. The molecule has 47 nitrogen and oxygen atoms in total. The molecule has 6 aliphatic heterocycles. The Morgan fingerprint density at radius 1 is 0.285 bits per heavy atom. The summed E-state index contributed by atoms with van der Waals surface area (Å²) in [4.78, 5) is 165. The van der Waals surface area contributed by atoms with Crippen LogP contribution in [0.5, 0.6) is 0 Å². The van der Waals surface area contributed by atoms with E-state index in [1.807, 2.05) is 6.92 Å². The van der Waals surface area contributed by atoms with Gasteiger partial charge in [-0.25, -0.2) is 4.79 Å². The van der Waals surface area contributed by atoms with Crippen LogP contribution in [0.25, 0.3) is 0 Å². The Hall–Kier alpha value is -7.73. The fourth-order valence-corrected chi connectivity index (χ4v) is 15.4. The van der Waals surface area contributed by atoms with Crippen LogP contribution in [0.15, 0.2) is 0 Å². The molecule has 0 aromatic rings. The topological polar surface area (TPSA) is 635 Å². The molecular formula is C83H130O47. The molecule has 0 bridgehead atoms. The van der Waals surface area contributed by atoms with Crippen molar-refractivity contribution in [3.05, 3.63) is 0 Å². The van der Waals surface area contributed by atoms with Gasteiger partial charge in [0.2, 0.25) is 6.10 Å². The summed E-state index contributed by atoms with van der Waals surface area (Å²) < 4.78 is 148. The van der Waals surface area contributed by atoms with Crippen LogP contribution < -0.4 is 0 Å². The number of hydrogen-bond donors (Lipinski definition) is 9. The SMILES string of the molecule is CCCC(CCCCCCCCCCCCCCCCOCC(OC(C)=O)C(=O)O)OC1OC(CO)C(OC2OC(COC(C)=O)C(OC3OC(COC(C)=O)C(OC(C)=O)C(OC(C)=O)C3OC3OC(COC(C)=O)C(O)C(O)C3OC3OC(COC(C)=O)C(O)C(O)C3O)C(OC(C)=O)C2OC(C)=O)C(O)C1OC1OC(COC(C)=O)C(OC(C)=O)C(OC(C)=O)C1O. The maximum atomic E-state index is 13.9. The highest BCUT2D eigenvalue weighted by molar-refractivity contribution is 5.77. The lowest BCUT2D eigenvalue weighted by molar-refractivity contribution is -0.409. The number of aliphatic hydroxyl groups is 8. The average Bonchev–Trinajstić information content (AvgIpc) is 0.755. The van der Waals surface area contributed by atoms with Gasteiger partial charge in [-0.15, -0.1) is 0 Å². The largest absolute Gasteiger partial charge is 0.478 e. The van der Waals surface area contributed by atoms with Crippen LogP contribution in [0.2, 0.25) is 0 Å². The molecule has 6 heterocycles. The molecule has 0 amide bonds. The summed E-state index contributed by atoms with van der Waals surface area (Å²) in [6, 6.07) is 0. The molecule has 0 saturated carbocycles. The van der Waals surface area contributed by atoms with Crippen LogP contribution in [0.1, 0.15) is 199 Å². The molecule has 6 rings (SSSR count). The molecule has 6 saturated heterocycles. The lowest BCUT2D eigenvalue weighted by atomic mass is 9.94. The van der Waals surface area contributed by atoms with Gasteiger partial charge in [0.05, 0.1) is 19.3 Å². The van der Waals surface area contributed by atoms with Crippen molar-refractivity contribution in [3.63, 3.8) is 0 Å². The van der Waals surface area contributed by atoms with E-state index in [4.69, 9.17) is 118 Å². The van der Waals surface area contributed by atoms with Gasteiger partial charge in [0.25, 0.3) is 0 Å². The third-order valence-corrected chi connectivity index (χ3v) is 21.3. The lowest BCUT2D eigenvalue weighted by Crippen LogP contribution is -2.70. The van der Waals surface area contributed by atoms with Gasteiger partial charge in [-0.3, -0.25) is 57.5 Å². The fourth-order valence-electron chi connectivity index (χ4n) is 15.4. The average molecular weight is 1880 g/mol. The predicted octanol–water partition coefficient (Wildman–Crippen LogP) is -0.744. The Morgan fingerprint density at radius 3 is 1.06 bits per heavy atom. The molecule has 9 N–H and O–H groups in total. The molecule has 744 valence electrons. The van der Waals surface area contributed by atoms with Gasteiger partial charge in [-0.2, -0.15) is 0 Å². The van der Waals surface area contributed by atoms with E-state index in [-0.39, 0.29) is 6.61 Å². The van der Waals surface area contributed by atoms with E-state index in [1.165, 1.54) is 0 Å². The molecular weight excluding hydrogens is 1750 g/mol. The number of aliphatic hydroxyl groups excluding tert-OH is 8. The lowest BCUT2D eigenvalue weighted by Gasteiger charge is -2.51. The van der Waals surface area contributed by atoms with Crippen molar-refractivity contribution < 1.29 is 227 Å². The molecule has 0 aromatic carbocycles. The van der Waals surface area contributed by atoms with Crippen LogP contribution >= 0.6 is 0 Å². The van der Waals surface area contributed by atoms with Gasteiger partial charge in [-0.05, 0) is 19.3 Å². The number of hydrogen-bond acceptors (Lipinski definition) is 46. The quantitative estimate of drug-likeness (QED) is 0.0206. The maximum absolute atomic E-state index is 13.9. The summed E-state index contributed by atoms with van der Waals surface area (Å²) in [7, 11) is 0. The first kappa shape index (κ1) is 111. The Kier molecular flexibility index (Phi) is 47.7. The Balaban J connectivity index is 1.38. The monoisotopic (exact) mass is 1880 g/mol. The second kappa shape index (κ2) is 55.8. The summed E-state index contributed by atoms with van der Waals surface area (Å²) in [6.45, 7) is 8.02. The van der Waals surface area contributed by atoms with Gasteiger partial charge in [0.1, 0.15) is 137 Å². The van der Waals surface area contributed by atoms with Crippen molar-refractivity contribution in [3.8, 4) is 0 Å².